The molecule has 0 bridgehead atoms. The second-order valence-corrected chi connectivity index (χ2v) is 6.20. The zero-order chi connectivity index (χ0) is 15.9. The van der Waals surface area contributed by atoms with Gasteiger partial charge in [0.1, 0.15) is 5.75 Å². The number of rotatable bonds is 6. The van der Waals surface area contributed by atoms with Crippen molar-refractivity contribution in [1.29, 1.82) is 0 Å². The summed E-state index contributed by atoms with van der Waals surface area (Å²) in [6.07, 6.45) is 4.99. The number of nitrogens with one attached hydrogen (secondary N) is 2. The molecule has 0 radical (unpaired) electrons. The summed E-state index contributed by atoms with van der Waals surface area (Å²) < 4.78 is 5.40. The minimum absolute atomic E-state index is 0.0157. The van der Waals surface area contributed by atoms with Crippen LogP contribution in [0, 0.1) is 5.92 Å². The summed E-state index contributed by atoms with van der Waals surface area (Å²) in [6, 6.07) is 7.77. The Hall–Kier alpha value is -1.55. The molecule has 3 atom stereocenters. The third kappa shape index (κ3) is 4.73. The molecule has 0 aliphatic heterocycles. The predicted molar refractivity (Wildman–Crippen MR) is 90.3 cm³/mol. The minimum atomic E-state index is -0.183. The molecular formula is C18H28N2O2. The molecule has 0 spiro atoms. The van der Waals surface area contributed by atoms with E-state index in [1.807, 2.05) is 38.1 Å². The van der Waals surface area contributed by atoms with Gasteiger partial charge in [0, 0.05) is 11.7 Å². The summed E-state index contributed by atoms with van der Waals surface area (Å²) in [6.45, 7) is 6.81. The Labute approximate surface area is 133 Å². The van der Waals surface area contributed by atoms with Crippen LogP contribution in [0.5, 0.6) is 5.75 Å². The quantitative estimate of drug-likeness (QED) is 0.844. The van der Waals surface area contributed by atoms with Gasteiger partial charge < -0.3 is 15.4 Å². The lowest BCUT2D eigenvalue weighted by molar-refractivity contribution is -0.118. The molecule has 2 rings (SSSR count). The number of hydrogen-bond donors (Lipinski definition) is 2. The van der Waals surface area contributed by atoms with Crippen LogP contribution in [0.4, 0.5) is 5.69 Å². The molecule has 1 saturated carbocycles. The maximum atomic E-state index is 12.3. The lowest BCUT2D eigenvalue weighted by Gasteiger charge is -2.31. The Morgan fingerprint density at radius 1 is 1.27 bits per heavy atom. The van der Waals surface area contributed by atoms with Gasteiger partial charge in [0.2, 0.25) is 5.91 Å². The Kier molecular flexibility index (Phi) is 6.25. The molecule has 1 aliphatic carbocycles. The standard InChI is InChI=1S/C18H28N2O2/c1-4-22-16-11-9-15(10-12-16)20-18(21)14(3)19-17-8-6-5-7-13(17)2/h9-14,17,19H,4-8H2,1-3H3,(H,20,21). The van der Waals surface area contributed by atoms with Crippen LogP contribution in [0.3, 0.4) is 0 Å². The Morgan fingerprint density at radius 2 is 1.95 bits per heavy atom. The van der Waals surface area contributed by atoms with Gasteiger partial charge in [0.25, 0.3) is 0 Å². The summed E-state index contributed by atoms with van der Waals surface area (Å²) in [7, 11) is 0. The molecule has 0 aromatic heterocycles. The van der Waals surface area contributed by atoms with E-state index in [-0.39, 0.29) is 11.9 Å². The zero-order valence-electron chi connectivity index (χ0n) is 13.9. The Morgan fingerprint density at radius 3 is 2.59 bits per heavy atom. The number of carbonyl (C=O) groups excluding carboxylic acids is 1. The number of hydrogen-bond acceptors (Lipinski definition) is 3. The van der Waals surface area contributed by atoms with Crippen molar-refractivity contribution in [3.8, 4) is 5.75 Å². The molecule has 1 aromatic carbocycles. The fourth-order valence-corrected chi connectivity index (χ4v) is 3.01. The summed E-state index contributed by atoms with van der Waals surface area (Å²) in [5.74, 6) is 1.49. The van der Waals surface area contributed by atoms with Crippen LogP contribution < -0.4 is 15.4 Å². The number of amides is 1. The van der Waals surface area contributed by atoms with E-state index in [4.69, 9.17) is 4.74 Å². The van der Waals surface area contributed by atoms with Gasteiger partial charge in [-0.25, -0.2) is 0 Å². The van der Waals surface area contributed by atoms with E-state index in [1.165, 1.54) is 25.7 Å². The second-order valence-electron chi connectivity index (χ2n) is 6.20. The first-order valence-electron chi connectivity index (χ1n) is 8.40. The molecule has 1 aliphatic rings. The SMILES string of the molecule is CCOc1ccc(NC(=O)C(C)NC2CCCCC2C)cc1. The first kappa shape index (κ1) is 16.8. The molecule has 1 amide bonds. The molecule has 122 valence electrons. The van der Waals surface area contributed by atoms with E-state index in [0.717, 1.165) is 11.4 Å². The molecule has 0 heterocycles. The minimum Gasteiger partial charge on any atom is -0.494 e. The fraction of sp³-hybridized carbons (Fsp3) is 0.611. The van der Waals surface area contributed by atoms with Crippen LogP contribution >= 0.6 is 0 Å². The molecule has 2 N–H and O–H groups in total. The smallest absolute Gasteiger partial charge is 0.241 e. The largest absolute Gasteiger partial charge is 0.494 e. The van der Waals surface area contributed by atoms with Gasteiger partial charge in [-0.05, 0) is 56.9 Å². The monoisotopic (exact) mass is 304 g/mol. The van der Waals surface area contributed by atoms with Gasteiger partial charge in [-0.15, -0.1) is 0 Å². The Balaban J connectivity index is 1.85. The van der Waals surface area contributed by atoms with Crippen LogP contribution in [0.15, 0.2) is 24.3 Å². The molecule has 22 heavy (non-hydrogen) atoms. The van der Waals surface area contributed by atoms with Crippen molar-refractivity contribution in [2.45, 2.75) is 58.5 Å². The highest BCUT2D eigenvalue weighted by Crippen LogP contribution is 2.24. The average molecular weight is 304 g/mol. The van der Waals surface area contributed by atoms with Crippen molar-refractivity contribution in [2.24, 2.45) is 5.92 Å². The highest BCUT2D eigenvalue weighted by Gasteiger charge is 2.24. The van der Waals surface area contributed by atoms with Crippen LogP contribution in [0.2, 0.25) is 0 Å². The third-order valence-corrected chi connectivity index (χ3v) is 4.40. The van der Waals surface area contributed by atoms with Crippen molar-refractivity contribution in [2.75, 3.05) is 11.9 Å². The molecule has 3 unspecified atom stereocenters. The van der Waals surface area contributed by atoms with Gasteiger partial charge in [-0.2, -0.15) is 0 Å². The summed E-state index contributed by atoms with van der Waals surface area (Å²) in [4.78, 5) is 12.3. The molecule has 0 saturated heterocycles. The third-order valence-electron chi connectivity index (χ3n) is 4.40. The fourth-order valence-electron chi connectivity index (χ4n) is 3.01. The topological polar surface area (TPSA) is 50.4 Å². The molecule has 4 nitrogen and oxygen atoms in total. The highest BCUT2D eigenvalue weighted by atomic mass is 16.5. The summed E-state index contributed by atoms with van der Waals surface area (Å²) >= 11 is 0. The van der Waals surface area contributed by atoms with Crippen molar-refractivity contribution >= 4 is 11.6 Å². The molecular weight excluding hydrogens is 276 g/mol. The lowest BCUT2D eigenvalue weighted by Crippen LogP contribution is -2.47. The predicted octanol–water partition coefficient (Wildman–Crippen LogP) is 3.58. The van der Waals surface area contributed by atoms with Gasteiger partial charge >= 0.3 is 0 Å². The Bertz CT molecular complexity index is 472. The number of anilines is 1. The maximum absolute atomic E-state index is 12.3. The van der Waals surface area contributed by atoms with Gasteiger partial charge in [-0.1, -0.05) is 19.8 Å². The summed E-state index contributed by atoms with van der Waals surface area (Å²) in [5, 5.41) is 6.44. The average Bonchev–Trinajstić information content (AvgIpc) is 2.51. The van der Waals surface area contributed by atoms with Crippen molar-refractivity contribution in [3.05, 3.63) is 24.3 Å². The molecule has 4 heteroatoms. The normalized spacial score (nSPS) is 22.9. The van der Waals surface area contributed by atoms with E-state index in [9.17, 15) is 4.79 Å². The first-order valence-corrected chi connectivity index (χ1v) is 8.40. The second kappa shape index (κ2) is 8.18. The zero-order valence-corrected chi connectivity index (χ0v) is 13.9. The molecule has 1 aromatic rings. The highest BCUT2D eigenvalue weighted by molar-refractivity contribution is 5.94. The van der Waals surface area contributed by atoms with E-state index in [0.29, 0.717) is 18.6 Å². The van der Waals surface area contributed by atoms with E-state index >= 15 is 0 Å². The lowest BCUT2D eigenvalue weighted by atomic mass is 9.85. The van der Waals surface area contributed by atoms with Gasteiger partial charge in [-0.3, -0.25) is 4.79 Å². The summed E-state index contributed by atoms with van der Waals surface area (Å²) in [5.41, 5.74) is 0.804. The van der Waals surface area contributed by atoms with Crippen molar-refractivity contribution in [1.82, 2.24) is 5.32 Å². The van der Waals surface area contributed by atoms with Gasteiger partial charge in [0.15, 0.2) is 0 Å². The van der Waals surface area contributed by atoms with E-state index in [1.54, 1.807) is 0 Å². The van der Waals surface area contributed by atoms with Crippen LogP contribution in [0.25, 0.3) is 0 Å². The number of ether oxygens (including phenoxy) is 1. The van der Waals surface area contributed by atoms with Gasteiger partial charge in [0.05, 0.1) is 12.6 Å². The van der Waals surface area contributed by atoms with E-state index in [2.05, 4.69) is 17.6 Å². The van der Waals surface area contributed by atoms with Crippen molar-refractivity contribution in [3.63, 3.8) is 0 Å². The van der Waals surface area contributed by atoms with Crippen molar-refractivity contribution < 1.29 is 9.53 Å². The van der Waals surface area contributed by atoms with Crippen LogP contribution in [-0.4, -0.2) is 24.6 Å². The molecule has 1 fully saturated rings. The number of carbonyl (C=O) groups is 1. The van der Waals surface area contributed by atoms with Crippen LogP contribution in [-0.2, 0) is 4.79 Å². The van der Waals surface area contributed by atoms with E-state index < -0.39 is 0 Å². The van der Waals surface area contributed by atoms with Crippen LogP contribution in [0.1, 0.15) is 46.5 Å². The number of benzene rings is 1. The maximum Gasteiger partial charge on any atom is 0.241 e. The first-order chi connectivity index (χ1) is 10.6.